The molecule has 1 aliphatic rings. The lowest BCUT2D eigenvalue weighted by molar-refractivity contribution is -0.138. The number of carbonyl (C=O) groups excluding carboxylic acids is 1. The number of hydrogen-bond donors (Lipinski definition) is 0. The van der Waals surface area contributed by atoms with E-state index in [-0.39, 0.29) is 24.3 Å². The molecule has 4 aromatic rings. The maximum atomic E-state index is 14.0. The maximum Gasteiger partial charge on any atom is 0.338 e. The van der Waals surface area contributed by atoms with Crippen LogP contribution in [0, 0.1) is 18.2 Å². The van der Waals surface area contributed by atoms with Crippen LogP contribution in [0.3, 0.4) is 0 Å². The Bertz CT molecular complexity index is 1850. The van der Waals surface area contributed by atoms with E-state index in [4.69, 9.17) is 25.6 Å². The highest BCUT2D eigenvalue weighted by molar-refractivity contribution is 7.07. The number of benzene rings is 3. The number of fused-ring (bicyclic) bond motifs is 1. The number of carbonyl (C=O) groups is 1. The zero-order valence-corrected chi connectivity index (χ0v) is 23.1. The molecular formula is C32H25FN2O5S. The Hall–Kier alpha value is -4.94. The molecule has 0 saturated heterocycles. The molecule has 1 atom stereocenters. The molecule has 1 aliphatic heterocycles. The Morgan fingerprint density at radius 2 is 1.88 bits per heavy atom. The minimum absolute atomic E-state index is 0.0103. The smallest absolute Gasteiger partial charge is 0.338 e. The highest BCUT2D eigenvalue weighted by Gasteiger charge is 2.35. The van der Waals surface area contributed by atoms with Gasteiger partial charge in [0.05, 0.1) is 35.6 Å². The van der Waals surface area contributed by atoms with Gasteiger partial charge in [0.25, 0.3) is 5.56 Å². The van der Waals surface area contributed by atoms with Gasteiger partial charge < -0.3 is 14.2 Å². The topological polar surface area (TPSA) is 79.1 Å². The third-order valence-corrected chi connectivity index (χ3v) is 7.36. The van der Waals surface area contributed by atoms with Crippen LogP contribution in [0.4, 0.5) is 4.39 Å². The van der Waals surface area contributed by atoms with Crippen molar-refractivity contribution in [2.24, 2.45) is 4.99 Å². The number of esters is 1. The summed E-state index contributed by atoms with van der Waals surface area (Å²) in [5.41, 5.74) is 1.97. The summed E-state index contributed by atoms with van der Waals surface area (Å²) in [7, 11) is 1.51. The maximum absolute atomic E-state index is 14.0. The van der Waals surface area contributed by atoms with E-state index in [1.54, 1.807) is 43.3 Å². The van der Waals surface area contributed by atoms with Crippen LogP contribution in [0.15, 0.2) is 88.2 Å². The molecule has 41 heavy (non-hydrogen) atoms. The second-order valence-electron chi connectivity index (χ2n) is 8.85. The average molecular weight is 569 g/mol. The average Bonchev–Trinajstić information content (AvgIpc) is 3.30. The number of terminal acetylenes is 1. The van der Waals surface area contributed by atoms with Crippen LogP contribution >= 0.6 is 11.3 Å². The molecule has 206 valence electrons. The van der Waals surface area contributed by atoms with Crippen LogP contribution in [0.2, 0.25) is 0 Å². The minimum atomic E-state index is -0.911. The third kappa shape index (κ3) is 5.42. The number of halogens is 1. The first-order valence-corrected chi connectivity index (χ1v) is 13.6. The Kier molecular flexibility index (Phi) is 8.13. The van der Waals surface area contributed by atoms with E-state index < -0.39 is 17.8 Å². The van der Waals surface area contributed by atoms with Crippen molar-refractivity contribution < 1.29 is 23.4 Å². The number of rotatable bonds is 8. The van der Waals surface area contributed by atoms with E-state index in [1.165, 1.54) is 23.8 Å². The van der Waals surface area contributed by atoms with Crippen LogP contribution in [0.1, 0.15) is 29.7 Å². The lowest BCUT2D eigenvalue weighted by Gasteiger charge is -2.25. The van der Waals surface area contributed by atoms with Gasteiger partial charge in [0.2, 0.25) is 0 Å². The van der Waals surface area contributed by atoms with Gasteiger partial charge in [-0.15, -0.1) is 6.42 Å². The van der Waals surface area contributed by atoms with Crippen molar-refractivity contribution in [1.29, 1.82) is 0 Å². The first-order valence-electron chi connectivity index (χ1n) is 12.7. The van der Waals surface area contributed by atoms with Crippen molar-refractivity contribution in [3.05, 3.63) is 121 Å². The van der Waals surface area contributed by atoms with Crippen LogP contribution in [-0.2, 0) is 9.53 Å². The Labute approximate surface area is 239 Å². The summed E-state index contributed by atoms with van der Waals surface area (Å²) in [6.45, 7) is 1.84. The summed E-state index contributed by atoms with van der Waals surface area (Å²) < 4.78 is 32.4. The summed E-state index contributed by atoms with van der Waals surface area (Å²) in [5.74, 6) is 2.24. The number of para-hydroxylation sites is 1. The van der Waals surface area contributed by atoms with E-state index >= 15 is 0 Å². The van der Waals surface area contributed by atoms with Gasteiger partial charge in [-0.05, 0) is 36.8 Å². The van der Waals surface area contributed by atoms with Gasteiger partial charge >= 0.3 is 5.97 Å². The van der Waals surface area contributed by atoms with Crippen molar-refractivity contribution >= 4 is 29.1 Å². The standard InChI is InChI=1S/C32H25FN2O5S/c1-4-18-40-29-22(12-9-13-24(29)38-3)19-25-30(36)35-28(21-14-16-23(33)17-15-21)26(31(37)39-5-2)27(34-32(35)41-25)20-10-7-6-8-11-20/h1,6-17,19,28H,5,18H2,2-3H3/b25-19-/t28-/m1/s1. The molecule has 0 unspecified atom stereocenters. The van der Waals surface area contributed by atoms with E-state index in [9.17, 15) is 14.0 Å². The molecule has 2 heterocycles. The van der Waals surface area contributed by atoms with Crippen LogP contribution in [0.5, 0.6) is 11.5 Å². The summed E-state index contributed by atoms with van der Waals surface area (Å²) >= 11 is 1.16. The number of thiazole rings is 1. The van der Waals surface area contributed by atoms with Gasteiger partial charge in [0.15, 0.2) is 16.3 Å². The van der Waals surface area contributed by atoms with Crippen LogP contribution < -0.4 is 24.4 Å². The van der Waals surface area contributed by atoms with Gasteiger partial charge in [-0.1, -0.05) is 71.9 Å². The van der Waals surface area contributed by atoms with Crippen molar-refractivity contribution in [2.75, 3.05) is 20.3 Å². The van der Waals surface area contributed by atoms with Gasteiger partial charge in [0.1, 0.15) is 12.4 Å². The lowest BCUT2D eigenvalue weighted by Crippen LogP contribution is -2.40. The fraction of sp³-hybridized carbons (Fsp3) is 0.156. The highest BCUT2D eigenvalue weighted by atomic mass is 32.1. The molecule has 0 spiro atoms. The van der Waals surface area contributed by atoms with Crippen molar-refractivity contribution in [1.82, 2.24) is 4.57 Å². The minimum Gasteiger partial charge on any atom is -0.493 e. The quantitative estimate of drug-likeness (QED) is 0.236. The van der Waals surface area contributed by atoms with E-state index in [0.29, 0.717) is 43.2 Å². The van der Waals surface area contributed by atoms with Gasteiger partial charge in [0, 0.05) is 11.1 Å². The predicted octanol–water partition coefficient (Wildman–Crippen LogP) is 4.10. The number of hydrogen-bond acceptors (Lipinski definition) is 7. The van der Waals surface area contributed by atoms with E-state index in [2.05, 4.69) is 5.92 Å². The van der Waals surface area contributed by atoms with E-state index in [0.717, 1.165) is 11.3 Å². The molecule has 0 fully saturated rings. The number of methoxy groups -OCH3 is 1. The molecular weight excluding hydrogens is 543 g/mol. The normalized spacial score (nSPS) is 14.6. The predicted molar refractivity (Wildman–Crippen MR) is 155 cm³/mol. The molecule has 0 amide bonds. The number of nitrogens with zero attached hydrogens (tertiary/aromatic N) is 2. The third-order valence-electron chi connectivity index (χ3n) is 6.38. The molecule has 0 aliphatic carbocycles. The Balaban J connectivity index is 1.81. The summed E-state index contributed by atoms with van der Waals surface area (Å²) in [6, 6.07) is 19.3. The molecule has 0 bridgehead atoms. The molecule has 7 nitrogen and oxygen atoms in total. The summed E-state index contributed by atoms with van der Waals surface area (Å²) in [4.78, 5) is 32.7. The Morgan fingerprint density at radius 1 is 1.12 bits per heavy atom. The number of ether oxygens (including phenoxy) is 3. The monoisotopic (exact) mass is 568 g/mol. The molecule has 3 aromatic carbocycles. The van der Waals surface area contributed by atoms with E-state index in [1.807, 2.05) is 30.3 Å². The van der Waals surface area contributed by atoms with Gasteiger partial charge in [-0.25, -0.2) is 14.2 Å². The molecule has 0 saturated carbocycles. The molecule has 9 heteroatoms. The fourth-order valence-corrected chi connectivity index (χ4v) is 5.61. The SMILES string of the molecule is C#CCOc1c(/C=c2\sc3n(c2=O)[C@H](c2ccc(F)cc2)C(C(=O)OCC)=C(c2ccccc2)N=3)cccc1OC. The van der Waals surface area contributed by atoms with Crippen molar-refractivity contribution in [3.63, 3.8) is 0 Å². The van der Waals surface area contributed by atoms with Gasteiger partial charge in [-0.2, -0.15) is 0 Å². The fourth-order valence-electron chi connectivity index (χ4n) is 4.62. The zero-order chi connectivity index (χ0) is 28.9. The largest absolute Gasteiger partial charge is 0.493 e. The zero-order valence-electron chi connectivity index (χ0n) is 22.3. The molecule has 0 radical (unpaired) electrons. The van der Waals surface area contributed by atoms with Crippen molar-refractivity contribution in [3.8, 4) is 23.8 Å². The van der Waals surface area contributed by atoms with Crippen LogP contribution in [0.25, 0.3) is 11.8 Å². The molecule has 5 rings (SSSR count). The lowest BCUT2D eigenvalue weighted by atomic mass is 9.93. The molecule has 1 aromatic heterocycles. The van der Waals surface area contributed by atoms with Gasteiger partial charge in [-0.3, -0.25) is 9.36 Å². The summed E-state index contributed by atoms with van der Waals surface area (Å²) in [5, 5.41) is 0. The second-order valence-corrected chi connectivity index (χ2v) is 9.86. The first kappa shape index (κ1) is 27.6. The summed E-state index contributed by atoms with van der Waals surface area (Å²) in [6.07, 6.45) is 7.08. The highest BCUT2D eigenvalue weighted by Crippen LogP contribution is 2.35. The van der Waals surface area contributed by atoms with Crippen molar-refractivity contribution in [2.45, 2.75) is 13.0 Å². The Morgan fingerprint density at radius 3 is 2.56 bits per heavy atom. The number of aromatic nitrogens is 1. The van der Waals surface area contributed by atoms with Crippen LogP contribution in [-0.4, -0.2) is 30.9 Å². The molecule has 0 N–H and O–H groups in total. The second kappa shape index (κ2) is 12.1. The first-order chi connectivity index (χ1) is 20.0.